The number of sulfone groups is 1. The Kier molecular flexibility index (Phi) is 3.71. The molecule has 122 valence electrons. The van der Waals surface area contributed by atoms with Gasteiger partial charge in [-0.2, -0.15) is 4.52 Å². The van der Waals surface area contributed by atoms with Crippen LogP contribution in [0.1, 0.15) is 12.7 Å². The minimum absolute atomic E-state index is 0.0488. The van der Waals surface area contributed by atoms with Crippen molar-refractivity contribution < 1.29 is 8.42 Å². The lowest BCUT2D eigenvalue weighted by molar-refractivity contribution is 0.591. The maximum atomic E-state index is 11.6. The fraction of sp³-hybridized carbons (Fsp3) is 0.400. The quantitative estimate of drug-likeness (QED) is 0.719. The molecule has 0 saturated carbocycles. The number of anilines is 1. The molecule has 3 aromatic rings. The van der Waals surface area contributed by atoms with Crippen molar-refractivity contribution in [3.63, 3.8) is 0 Å². The Labute approximate surface area is 134 Å². The molecule has 2 aromatic heterocycles. The van der Waals surface area contributed by atoms with Gasteiger partial charge in [0.15, 0.2) is 5.65 Å². The van der Waals surface area contributed by atoms with Crippen LogP contribution in [0.4, 0.5) is 5.95 Å². The van der Waals surface area contributed by atoms with E-state index in [-0.39, 0.29) is 11.8 Å². The molecule has 0 fully saturated rings. The van der Waals surface area contributed by atoms with E-state index in [1.54, 1.807) is 4.52 Å². The molecule has 0 spiro atoms. The Balaban J connectivity index is 2.19. The van der Waals surface area contributed by atoms with Crippen molar-refractivity contribution in [3.05, 3.63) is 30.1 Å². The van der Waals surface area contributed by atoms with Crippen LogP contribution in [0.25, 0.3) is 16.6 Å². The van der Waals surface area contributed by atoms with Crippen LogP contribution in [-0.4, -0.2) is 53.1 Å². The monoisotopic (exact) mass is 333 g/mol. The lowest BCUT2D eigenvalue weighted by Gasteiger charge is -2.25. The van der Waals surface area contributed by atoms with Crippen molar-refractivity contribution >= 4 is 32.3 Å². The van der Waals surface area contributed by atoms with E-state index in [4.69, 9.17) is 0 Å². The van der Waals surface area contributed by atoms with Gasteiger partial charge in [0.2, 0.25) is 5.95 Å². The first-order chi connectivity index (χ1) is 10.8. The highest BCUT2D eigenvalue weighted by Gasteiger charge is 2.21. The molecule has 1 aromatic carbocycles. The fourth-order valence-corrected chi connectivity index (χ4v) is 3.72. The molecule has 0 N–H and O–H groups in total. The number of rotatable bonds is 4. The van der Waals surface area contributed by atoms with Gasteiger partial charge in [-0.1, -0.05) is 12.1 Å². The van der Waals surface area contributed by atoms with Gasteiger partial charge in [0.1, 0.15) is 15.7 Å². The maximum absolute atomic E-state index is 11.6. The molecule has 3 rings (SSSR count). The predicted molar refractivity (Wildman–Crippen MR) is 90.6 cm³/mol. The van der Waals surface area contributed by atoms with Gasteiger partial charge in [-0.25, -0.2) is 18.4 Å². The third kappa shape index (κ3) is 2.98. The highest BCUT2D eigenvalue weighted by atomic mass is 32.2. The third-order valence-electron chi connectivity index (χ3n) is 3.79. The molecule has 0 saturated heterocycles. The molecular formula is C15H19N5O2S. The second-order valence-electron chi connectivity index (χ2n) is 5.88. The van der Waals surface area contributed by atoms with Crippen molar-refractivity contribution in [2.24, 2.45) is 0 Å². The number of benzene rings is 1. The van der Waals surface area contributed by atoms with Crippen LogP contribution in [0.3, 0.4) is 0 Å². The largest absolute Gasteiger partial charge is 0.340 e. The second kappa shape index (κ2) is 5.45. The third-order valence-corrected chi connectivity index (χ3v) is 4.88. The molecule has 0 radical (unpaired) electrons. The molecule has 0 amide bonds. The summed E-state index contributed by atoms with van der Waals surface area (Å²) in [5.74, 6) is 1.27. The number of aryl methyl sites for hydroxylation is 1. The highest BCUT2D eigenvalue weighted by molar-refractivity contribution is 7.90. The van der Waals surface area contributed by atoms with E-state index < -0.39 is 9.84 Å². The summed E-state index contributed by atoms with van der Waals surface area (Å²) < 4.78 is 24.8. The molecular weight excluding hydrogens is 314 g/mol. The summed E-state index contributed by atoms with van der Waals surface area (Å²) in [6, 6.07) is 7.49. The van der Waals surface area contributed by atoms with E-state index in [0.29, 0.717) is 11.8 Å². The van der Waals surface area contributed by atoms with E-state index in [2.05, 4.69) is 15.1 Å². The Morgan fingerprint density at radius 1 is 1.26 bits per heavy atom. The van der Waals surface area contributed by atoms with Gasteiger partial charge in [-0.15, -0.1) is 5.10 Å². The molecule has 8 heteroatoms. The topological polar surface area (TPSA) is 80.5 Å². The first-order valence-corrected chi connectivity index (χ1v) is 9.35. The predicted octanol–water partition coefficient (Wildman–Crippen LogP) is 1.46. The minimum Gasteiger partial charge on any atom is -0.340 e. The summed E-state index contributed by atoms with van der Waals surface area (Å²) in [5, 5.41) is 5.33. The Hall–Kier alpha value is -2.22. The van der Waals surface area contributed by atoms with Crippen molar-refractivity contribution in [2.45, 2.75) is 19.9 Å². The van der Waals surface area contributed by atoms with Gasteiger partial charge in [0.25, 0.3) is 0 Å². The SMILES string of the molecule is Cc1nc2c3ccccc3nc(N(C)C(C)CS(C)(=O)=O)n2n1. The Bertz CT molecular complexity index is 980. The first kappa shape index (κ1) is 15.7. The lowest BCUT2D eigenvalue weighted by Crippen LogP contribution is -2.36. The fourth-order valence-electron chi connectivity index (χ4n) is 2.62. The van der Waals surface area contributed by atoms with Crippen LogP contribution in [0.15, 0.2) is 24.3 Å². The molecule has 7 nitrogen and oxygen atoms in total. The van der Waals surface area contributed by atoms with E-state index >= 15 is 0 Å². The molecule has 0 aliphatic carbocycles. The lowest BCUT2D eigenvalue weighted by atomic mass is 10.2. The van der Waals surface area contributed by atoms with E-state index in [0.717, 1.165) is 16.6 Å². The Morgan fingerprint density at radius 3 is 2.65 bits per heavy atom. The summed E-state index contributed by atoms with van der Waals surface area (Å²) in [7, 11) is -1.26. The van der Waals surface area contributed by atoms with Gasteiger partial charge in [-0.3, -0.25) is 0 Å². The van der Waals surface area contributed by atoms with Crippen LogP contribution in [-0.2, 0) is 9.84 Å². The molecule has 23 heavy (non-hydrogen) atoms. The van der Waals surface area contributed by atoms with Crippen LogP contribution < -0.4 is 4.90 Å². The average molecular weight is 333 g/mol. The van der Waals surface area contributed by atoms with Crippen LogP contribution in [0.2, 0.25) is 0 Å². The normalized spacial score (nSPS) is 13.6. The molecule has 1 atom stereocenters. The van der Waals surface area contributed by atoms with Gasteiger partial charge >= 0.3 is 0 Å². The van der Waals surface area contributed by atoms with Crippen LogP contribution in [0, 0.1) is 6.92 Å². The average Bonchev–Trinajstić information content (AvgIpc) is 2.85. The molecule has 0 bridgehead atoms. The standard InChI is InChI=1S/C15H19N5O2S/c1-10(9-23(4,21)22)19(3)15-17-13-8-6-5-7-12(13)14-16-11(2)18-20(14)15/h5-8,10H,9H2,1-4H3. The summed E-state index contributed by atoms with van der Waals surface area (Å²) in [6.07, 6.45) is 1.24. The first-order valence-electron chi connectivity index (χ1n) is 7.29. The number of para-hydroxylation sites is 1. The summed E-state index contributed by atoms with van der Waals surface area (Å²) in [6.45, 7) is 3.68. The molecule has 1 unspecified atom stereocenters. The van der Waals surface area contributed by atoms with Gasteiger partial charge in [0.05, 0.1) is 11.3 Å². The number of hydrogen-bond acceptors (Lipinski definition) is 6. The summed E-state index contributed by atoms with van der Waals surface area (Å²) >= 11 is 0. The van der Waals surface area contributed by atoms with Crippen LogP contribution in [0.5, 0.6) is 0 Å². The molecule has 0 aliphatic rings. The maximum Gasteiger partial charge on any atom is 0.229 e. The van der Waals surface area contributed by atoms with Gasteiger partial charge in [0, 0.05) is 24.7 Å². The number of nitrogens with zero attached hydrogens (tertiary/aromatic N) is 5. The highest BCUT2D eigenvalue weighted by Crippen LogP contribution is 2.23. The van der Waals surface area contributed by atoms with Crippen molar-refractivity contribution in [3.8, 4) is 0 Å². The zero-order valence-corrected chi connectivity index (χ0v) is 14.4. The van der Waals surface area contributed by atoms with E-state index in [1.807, 2.05) is 50.1 Å². The van der Waals surface area contributed by atoms with Crippen molar-refractivity contribution in [1.82, 2.24) is 19.6 Å². The van der Waals surface area contributed by atoms with Gasteiger partial charge < -0.3 is 4.90 Å². The second-order valence-corrected chi connectivity index (χ2v) is 8.06. The van der Waals surface area contributed by atoms with E-state index in [1.165, 1.54) is 6.26 Å². The van der Waals surface area contributed by atoms with Crippen LogP contribution >= 0.6 is 0 Å². The van der Waals surface area contributed by atoms with Crippen molar-refractivity contribution in [1.29, 1.82) is 0 Å². The summed E-state index contributed by atoms with van der Waals surface area (Å²) in [4.78, 5) is 11.0. The molecule has 2 heterocycles. The molecule has 0 aliphatic heterocycles. The summed E-state index contributed by atoms with van der Waals surface area (Å²) in [5.41, 5.74) is 1.53. The minimum atomic E-state index is -3.08. The number of fused-ring (bicyclic) bond motifs is 3. The smallest absolute Gasteiger partial charge is 0.229 e. The number of aromatic nitrogens is 4. The van der Waals surface area contributed by atoms with Gasteiger partial charge in [-0.05, 0) is 26.0 Å². The Morgan fingerprint density at radius 2 is 1.96 bits per heavy atom. The number of hydrogen-bond donors (Lipinski definition) is 0. The van der Waals surface area contributed by atoms with E-state index in [9.17, 15) is 8.42 Å². The zero-order chi connectivity index (χ0) is 16.8. The van der Waals surface area contributed by atoms with Crippen molar-refractivity contribution in [2.75, 3.05) is 24.0 Å². The zero-order valence-electron chi connectivity index (χ0n) is 13.6.